The Morgan fingerprint density at radius 1 is 1.29 bits per heavy atom. The van der Waals surface area contributed by atoms with Gasteiger partial charge >= 0.3 is 0 Å². The molecule has 4 nitrogen and oxygen atoms in total. The molecule has 4 heteroatoms. The van der Waals surface area contributed by atoms with E-state index in [1.807, 2.05) is 56.9 Å². The summed E-state index contributed by atoms with van der Waals surface area (Å²) in [6.45, 7) is 8.08. The molecule has 0 aromatic heterocycles. The van der Waals surface area contributed by atoms with Crippen LogP contribution >= 0.6 is 0 Å². The van der Waals surface area contributed by atoms with Crippen LogP contribution in [0.3, 0.4) is 0 Å². The lowest BCUT2D eigenvalue weighted by molar-refractivity contribution is -0.139. The maximum atomic E-state index is 12.3. The van der Waals surface area contributed by atoms with Gasteiger partial charge < -0.3 is 15.4 Å². The van der Waals surface area contributed by atoms with Crippen molar-refractivity contribution in [2.75, 3.05) is 0 Å². The highest BCUT2D eigenvalue weighted by Gasteiger charge is 2.36. The largest absolute Gasteiger partial charge is 0.491 e. The van der Waals surface area contributed by atoms with Crippen LogP contribution in [0.4, 0.5) is 0 Å². The average molecular weight is 290 g/mol. The molecule has 0 spiro atoms. The Hall–Kier alpha value is -1.55. The Kier molecular flexibility index (Phi) is 4.88. The number of amides is 1. The highest BCUT2D eigenvalue weighted by molar-refractivity contribution is 5.78. The van der Waals surface area contributed by atoms with E-state index in [2.05, 4.69) is 0 Å². The number of rotatable bonds is 4. The van der Waals surface area contributed by atoms with Crippen LogP contribution in [0.15, 0.2) is 24.3 Å². The van der Waals surface area contributed by atoms with E-state index in [9.17, 15) is 4.79 Å². The standard InChI is InChI=1S/C17H26N2O2/c1-11(2)19-16(20)9-8-15(18)17(19)13-6-5-7-14(10-13)21-12(3)4/h5-7,10-12,15,17H,8-9,18H2,1-4H3. The van der Waals surface area contributed by atoms with Gasteiger partial charge in [-0.25, -0.2) is 0 Å². The molecule has 1 amide bonds. The first-order valence-electron chi connectivity index (χ1n) is 7.73. The lowest BCUT2D eigenvalue weighted by Crippen LogP contribution is -2.51. The molecule has 0 radical (unpaired) electrons. The Morgan fingerprint density at radius 2 is 2.00 bits per heavy atom. The van der Waals surface area contributed by atoms with Crippen LogP contribution in [0.5, 0.6) is 5.75 Å². The number of hydrogen-bond acceptors (Lipinski definition) is 3. The molecule has 1 aromatic carbocycles. The number of carbonyl (C=O) groups excluding carboxylic acids is 1. The van der Waals surface area contributed by atoms with E-state index >= 15 is 0 Å². The summed E-state index contributed by atoms with van der Waals surface area (Å²) >= 11 is 0. The molecule has 1 aliphatic rings. The smallest absolute Gasteiger partial charge is 0.223 e. The maximum Gasteiger partial charge on any atom is 0.223 e. The number of carbonyl (C=O) groups is 1. The van der Waals surface area contributed by atoms with Gasteiger partial charge in [-0.05, 0) is 51.8 Å². The Bertz CT molecular complexity index is 499. The summed E-state index contributed by atoms with van der Waals surface area (Å²) < 4.78 is 5.76. The molecule has 0 saturated carbocycles. The Labute approximate surface area is 127 Å². The van der Waals surface area contributed by atoms with Crippen LogP contribution in [-0.2, 0) is 4.79 Å². The van der Waals surface area contributed by atoms with Gasteiger partial charge in [0.1, 0.15) is 5.75 Å². The van der Waals surface area contributed by atoms with Gasteiger partial charge in [-0.1, -0.05) is 12.1 Å². The number of hydrogen-bond donors (Lipinski definition) is 1. The van der Waals surface area contributed by atoms with Gasteiger partial charge in [0.15, 0.2) is 0 Å². The zero-order chi connectivity index (χ0) is 15.6. The van der Waals surface area contributed by atoms with Crippen LogP contribution in [0, 0.1) is 0 Å². The van der Waals surface area contributed by atoms with Crippen LogP contribution in [-0.4, -0.2) is 29.0 Å². The molecule has 116 valence electrons. The molecule has 1 saturated heterocycles. The van der Waals surface area contributed by atoms with Crippen LogP contribution in [0.25, 0.3) is 0 Å². The molecule has 1 fully saturated rings. The molecular weight excluding hydrogens is 264 g/mol. The van der Waals surface area contributed by atoms with E-state index in [1.165, 1.54) is 0 Å². The lowest BCUT2D eigenvalue weighted by Gasteiger charge is -2.42. The van der Waals surface area contributed by atoms with Crippen molar-refractivity contribution in [3.8, 4) is 5.75 Å². The van der Waals surface area contributed by atoms with Gasteiger partial charge in [0.05, 0.1) is 12.1 Å². The number of piperidine rings is 1. The summed E-state index contributed by atoms with van der Waals surface area (Å²) in [5.74, 6) is 1.02. The minimum atomic E-state index is -0.0676. The van der Waals surface area contributed by atoms with Crippen molar-refractivity contribution >= 4 is 5.91 Å². The third-order valence-corrected chi connectivity index (χ3v) is 3.81. The van der Waals surface area contributed by atoms with Gasteiger partial charge in [0, 0.05) is 18.5 Å². The average Bonchev–Trinajstić information content (AvgIpc) is 2.40. The third kappa shape index (κ3) is 3.56. The molecule has 0 aliphatic carbocycles. The summed E-state index contributed by atoms with van der Waals surface area (Å²) in [7, 11) is 0. The second-order valence-corrected chi connectivity index (χ2v) is 6.28. The topological polar surface area (TPSA) is 55.6 Å². The Morgan fingerprint density at radius 3 is 2.62 bits per heavy atom. The van der Waals surface area contributed by atoms with E-state index in [0.29, 0.717) is 6.42 Å². The van der Waals surface area contributed by atoms with Crippen molar-refractivity contribution in [3.05, 3.63) is 29.8 Å². The number of nitrogens with two attached hydrogens (primary N) is 1. The molecule has 2 atom stereocenters. The molecule has 2 N–H and O–H groups in total. The summed E-state index contributed by atoms with van der Waals surface area (Å²) in [4.78, 5) is 14.2. The minimum absolute atomic E-state index is 0.0283. The number of ether oxygens (including phenoxy) is 1. The van der Waals surface area contributed by atoms with Gasteiger partial charge in [-0.3, -0.25) is 4.79 Å². The molecule has 21 heavy (non-hydrogen) atoms. The minimum Gasteiger partial charge on any atom is -0.491 e. The molecule has 2 unspecified atom stereocenters. The summed E-state index contributed by atoms with van der Waals surface area (Å²) in [5, 5.41) is 0. The fraction of sp³-hybridized carbons (Fsp3) is 0.588. The zero-order valence-corrected chi connectivity index (χ0v) is 13.4. The highest BCUT2D eigenvalue weighted by Crippen LogP contribution is 2.34. The molecular formula is C17H26N2O2. The Balaban J connectivity index is 2.34. The van der Waals surface area contributed by atoms with Gasteiger partial charge in [-0.2, -0.15) is 0 Å². The lowest BCUT2D eigenvalue weighted by atomic mass is 9.89. The predicted octanol–water partition coefficient (Wildman–Crippen LogP) is 2.87. The van der Waals surface area contributed by atoms with Crippen LogP contribution in [0.2, 0.25) is 0 Å². The normalized spacial score (nSPS) is 23.0. The fourth-order valence-electron chi connectivity index (χ4n) is 3.00. The van der Waals surface area contributed by atoms with Crippen LogP contribution < -0.4 is 10.5 Å². The van der Waals surface area contributed by atoms with Gasteiger partial charge in [0.2, 0.25) is 5.91 Å². The van der Waals surface area contributed by atoms with Gasteiger partial charge in [0.25, 0.3) is 0 Å². The quantitative estimate of drug-likeness (QED) is 0.927. The SMILES string of the molecule is CC(C)Oc1cccc(C2C(N)CCC(=O)N2C(C)C)c1. The summed E-state index contributed by atoms with van der Waals surface area (Å²) in [5.41, 5.74) is 7.38. The second-order valence-electron chi connectivity index (χ2n) is 6.28. The third-order valence-electron chi connectivity index (χ3n) is 3.81. The summed E-state index contributed by atoms with van der Waals surface area (Å²) in [6.07, 6.45) is 1.41. The van der Waals surface area contributed by atoms with Crippen LogP contribution in [0.1, 0.15) is 52.1 Å². The van der Waals surface area contributed by atoms with Crippen molar-refractivity contribution in [3.63, 3.8) is 0 Å². The zero-order valence-electron chi connectivity index (χ0n) is 13.4. The van der Waals surface area contributed by atoms with E-state index in [4.69, 9.17) is 10.5 Å². The highest BCUT2D eigenvalue weighted by atomic mass is 16.5. The van der Waals surface area contributed by atoms with Crippen molar-refractivity contribution < 1.29 is 9.53 Å². The molecule has 1 aromatic rings. The first-order valence-corrected chi connectivity index (χ1v) is 7.73. The molecule has 1 heterocycles. The molecule has 2 rings (SSSR count). The summed E-state index contributed by atoms with van der Waals surface area (Å²) in [6, 6.07) is 8.01. The molecule has 0 bridgehead atoms. The maximum absolute atomic E-state index is 12.3. The van der Waals surface area contributed by atoms with Crippen molar-refractivity contribution in [1.29, 1.82) is 0 Å². The predicted molar refractivity (Wildman–Crippen MR) is 84.1 cm³/mol. The van der Waals surface area contributed by atoms with Crippen molar-refractivity contribution in [2.24, 2.45) is 5.73 Å². The monoisotopic (exact) mass is 290 g/mol. The number of nitrogens with zero attached hydrogens (tertiary/aromatic N) is 1. The second kappa shape index (κ2) is 6.48. The van der Waals surface area contributed by atoms with Gasteiger partial charge in [-0.15, -0.1) is 0 Å². The first-order chi connectivity index (χ1) is 9.90. The fourth-order valence-corrected chi connectivity index (χ4v) is 3.00. The van der Waals surface area contributed by atoms with E-state index < -0.39 is 0 Å². The van der Waals surface area contributed by atoms with E-state index in [-0.39, 0.29) is 30.1 Å². The van der Waals surface area contributed by atoms with E-state index in [0.717, 1.165) is 17.7 Å². The van der Waals surface area contributed by atoms with Crippen molar-refractivity contribution in [2.45, 2.75) is 64.8 Å². The van der Waals surface area contributed by atoms with E-state index in [1.54, 1.807) is 0 Å². The number of benzene rings is 1. The molecule has 1 aliphatic heterocycles. The number of likely N-dealkylation sites (tertiary alicyclic amines) is 1. The van der Waals surface area contributed by atoms with Crippen molar-refractivity contribution in [1.82, 2.24) is 4.90 Å². The first kappa shape index (κ1) is 15.8.